The van der Waals surface area contributed by atoms with Gasteiger partial charge in [-0.1, -0.05) is 75.2 Å². The Morgan fingerprint density at radius 3 is 0.733 bits per heavy atom. The van der Waals surface area contributed by atoms with Crippen molar-refractivity contribution in [2.75, 3.05) is 14.2 Å². The summed E-state index contributed by atoms with van der Waals surface area (Å²) in [5, 5.41) is 0. The lowest BCUT2D eigenvalue weighted by atomic mass is 10.3. The summed E-state index contributed by atoms with van der Waals surface area (Å²) in [4.78, 5) is 0. The molecule has 1 heteroatoms. The molecule has 0 saturated carbocycles. The van der Waals surface area contributed by atoms with Crippen LogP contribution in [0.4, 0.5) is 0 Å². The van der Waals surface area contributed by atoms with Crippen LogP contribution in [0.25, 0.3) is 0 Å². The van der Waals surface area contributed by atoms with Gasteiger partial charge in [0.05, 0.1) is 0 Å². The van der Waals surface area contributed by atoms with E-state index >= 15 is 0 Å². The summed E-state index contributed by atoms with van der Waals surface area (Å²) in [6, 6.07) is 0. The van der Waals surface area contributed by atoms with E-state index in [2.05, 4.69) is 53.2 Å². The van der Waals surface area contributed by atoms with E-state index in [4.69, 9.17) is 0 Å². The van der Waals surface area contributed by atoms with Gasteiger partial charge in [-0.05, 0) is 5.92 Å². The van der Waals surface area contributed by atoms with E-state index in [9.17, 15) is 0 Å². The molecule has 0 aromatic carbocycles. The highest BCUT2D eigenvalue weighted by molar-refractivity contribution is 4.20. The van der Waals surface area contributed by atoms with Gasteiger partial charge in [0.25, 0.3) is 0 Å². The molecule has 0 aliphatic rings. The van der Waals surface area contributed by atoms with Gasteiger partial charge in [-0.2, -0.15) is 0 Å². The molecular weight excluding hydrogens is 184 g/mol. The SMILES string of the molecule is CC.CC(C)C.CCC.CCC.COC. The second-order valence-electron chi connectivity index (χ2n) is 3.55. The van der Waals surface area contributed by atoms with E-state index in [-0.39, 0.29) is 0 Å². The van der Waals surface area contributed by atoms with Crippen molar-refractivity contribution in [3.05, 3.63) is 0 Å². The molecular formula is C14H38O. The number of hydrogen-bond donors (Lipinski definition) is 0. The average molecular weight is 222 g/mol. The number of ether oxygens (including phenoxy) is 1. The van der Waals surface area contributed by atoms with Gasteiger partial charge in [0.15, 0.2) is 0 Å². The molecule has 15 heavy (non-hydrogen) atoms. The van der Waals surface area contributed by atoms with Crippen LogP contribution in [0.5, 0.6) is 0 Å². The Balaban J connectivity index is -0.0000000283. The fraction of sp³-hybridized carbons (Fsp3) is 1.00. The molecule has 0 unspecified atom stereocenters. The van der Waals surface area contributed by atoms with Gasteiger partial charge >= 0.3 is 0 Å². The van der Waals surface area contributed by atoms with Gasteiger partial charge < -0.3 is 4.74 Å². The third-order valence-corrected chi connectivity index (χ3v) is 0. The van der Waals surface area contributed by atoms with Gasteiger partial charge in [0, 0.05) is 14.2 Å². The van der Waals surface area contributed by atoms with Gasteiger partial charge in [-0.3, -0.25) is 0 Å². The number of hydrogen-bond acceptors (Lipinski definition) is 1. The van der Waals surface area contributed by atoms with Crippen LogP contribution < -0.4 is 0 Å². The normalized spacial score (nSPS) is 6.40. The zero-order valence-electron chi connectivity index (χ0n) is 13.4. The van der Waals surface area contributed by atoms with Gasteiger partial charge in [0.1, 0.15) is 0 Å². The van der Waals surface area contributed by atoms with E-state index in [1.54, 1.807) is 14.2 Å². The smallest absolute Gasteiger partial charge is 0.0351 e. The molecule has 0 amide bonds. The van der Waals surface area contributed by atoms with Crippen molar-refractivity contribution in [1.29, 1.82) is 0 Å². The molecule has 0 atom stereocenters. The maximum absolute atomic E-state index is 4.25. The van der Waals surface area contributed by atoms with Crippen LogP contribution in [0.2, 0.25) is 0 Å². The van der Waals surface area contributed by atoms with Gasteiger partial charge in [-0.25, -0.2) is 0 Å². The molecule has 0 heterocycles. The van der Waals surface area contributed by atoms with E-state index in [0.717, 1.165) is 5.92 Å². The maximum Gasteiger partial charge on any atom is 0.0351 e. The minimum absolute atomic E-state index is 0.833. The fourth-order valence-corrected chi connectivity index (χ4v) is 0. The highest BCUT2D eigenvalue weighted by Gasteiger charge is 1.68. The minimum Gasteiger partial charge on any atom is -0.388 e. The summed E-state index contributed by atoms with van der Waals surface area (Å²) in [6.45, 7) is 19.0. The monoisotopic (exact) mass is 222 g/mol. The van der Waals surface area contributed by atoms with Crippen molar-refractivity contribution in [1.82, 2.24) is 0 Å². The van der Waals surface area contributed by atoms with Crippen LogP contribution in [0.15, 0.2) is 0 Å². The molecule has 0 spiro atoms. The predicted molar refractivity (Wildman–Crippen MR) is 76.7 cm³/mol. The van der Waals surface area contributed by atoms with Crippen LogP contribution in [-0.4, -0.2) is 14.2 Å². The zero-order chi connectivity index (χ0) is 13.7. The molecule has 0 fully saturated rings. The zero-order valence-corrected chi connectivity index (χ0v) is 13.4. The van der Waals surface area contributed by atoms with Gasteiger partial charge in [0.2, 0.25) is 0 Å². The predicted octanol–water partition coefficient (Wildman–Crippen LogP) is 5.78. The third-order valence-electron chi connectivity index (χ3n) is 0. The molecule has 0 radical (unpaired) electrons. The van der Waals surface area contributed by atoms with Gasteiger partial charge in [-0.15, -0.1) is 0 Å². The highest BCUT2D eigenvalue weighted by atomic mass is 16.4. The lowest BCUT2D eigenvalue weighted by Crippen LogP contribution is -1.66. The van der Waals surface area contributed by atoms with Crippen LogP contribution in [0.3, 0.4) is 0 Å². The Hall–Kier alpha value is -0.0400. The Bertz CT molecular complexity index is 26.8. The second-order valence-corrected chi connectivity index (χ2v) is 3.55. The first-order valence-electron chi connectivity index (χ1n) is 6.38. The second kappa shape index (κ2) is 66.0. The molecule has 0 rings (SSSR count). The van der Waals surface area contributed by atoms with Crippen molar-refractivity contribution in [2.45, 2.75) is 75.2 Å². The molecule has 0 N–H and O–H groups in total. The van der Waals surface area contributed by atoms with Crippen molar-refractivity contribution >= 4 is 0 Å². The summed E-state index contributed by atoms with van der Waals surface area (Å²) in [5.41, 5.74) is 0. The number of methoxy groups -OCH3 is 1. The first kappa shape index (κ1) is 29.4. The molecule has 0 aliphatic carbocycles. The van der Waals surface area contributed by atoms with Crippen molar-refractivity contribution in [3.63, 3.8) is 0 Å². The minimum atomic E-state index is 0.833. The Kier molecular flexibility index (Phi) is 129. The maximum atomic E-state index is 4.25. The summed E-state index contributed by atoms with van der Waals surface area (Å²) < 4.78 is 4.25. The molecule has 100 valence electrons. The molecule has 0 aliphatic heterocycles. The first-order valence-corrected chi connectivity index (χ1v) is 6.38. The molecule has 0 aromatic rings. The standard InChI is InChI=1S/C4H10.2C3H8.C2H6O.C2H6/c1-4(2)3;3*1-3-2;1-2/h4H,1-3H3;2*3H2,1-2H3;1-2H3;1-2H3. The van der Waals surface area contributed by atoms with E-state index in [0.29, 0.717) is 0 Å². The van der Waals surface area contributed by atoms with E-state index in [1.165, 1.54) is 12.8 Å². The largest absolute Gasteiger partial charge is 0.388 e. The number of rotatable bonds is 0. The third kappa shape index (κ3) is 1250000. The average Bonchev–Trinajstić information content (AvgIpc) is 2.09. The van der Waals surface area contributed by atoms with Crippen LogP contribution >= 0.6 is 0 Å². The van der Waals surface area contributed by atoms with Crippen molar-refractivity contribution in [3.8, 4) is 0 Å². The van der Waals surface area contributed by atoms with Crippen molar-refractivity contribution < 1.29 is 4.74 Å². The lowest BCUT2D eigenvalue weighted by Gasteiger charge is -1.79. The van der Waals surface area contributed by atoms with E-state index < -0.39 is 0 Å². The molecule has 1 nitrogen and oxygen atoms in total. The topological polar surface area (TPSA) is 9.23 Å². The molecule has 0 bridgehead atoms. The molecule has 0 saturated heterocycles. The fourth-order valence-electron chi connectivity index (χ4n) is 0. The first-order chi connectivity index (χ1) is 6.97. The summed E-state index contributed by atoms with van der Waals surface area (Å²) in [5.74, 6) is 0.833. The molecule has 0 aromatic heterocycles. The Morgan fingerprint density at radius 1 is 0.733 bits per heavy atom. The quantitative estimate of drug-likeness (QED) is 0.504. The van der Waals surface area contributed by atoms with Crippen molar-refractivity contribution in [2.24, 2.45) is 5.92 Å². The van der Waals surface area contributed by atoms with Crippen LogP contribution in [0.1, 0.15) is 75.2 Å². The summed E-state index contributed by atoms with van der Waals surface area (Å²) in [7, 11) is 3.25. The highest BCUT2D eigenvalue weighted by Crippen LogP contribution is 1.81. The van der Waals surface area contributed by atoms with Crippen LogP contribution in [0, 0.1) is 5.92 Å². The van der Waals surface area contributed by atoms with E-state index in [1.807, 2.05) is 13.8 Å². The summed E-state index contributed by atoms with van der Waals surface area (Å²) in [6.07, 6.45) is 2.50. The Morgan fingerprint density at radius 2 is 0.733 bits per heavy atom. The lowest BCUT2D eigenvalue weighted by molar-refractivity contribution is 0.277. The Labute approximate surface area is 101 Å². The van der Waals surface area contributed by atoms with Crippen LogP contribution in [-0.2, 0) is 4.74 Å². The summed E-state index contributed by atoms with van der Waals surface area (Å²) >= 11 is 0.